The van der Waals surface area contributed by atoms with E-state index in [0.717, 1.165) is 32.3 Å². The molecule has 0 radical (unpaired) electrons. The fraction of sp³-hybridized carbons (Fsp3) is 0.0645. The lowest BCUT2D eigenvalue weighted by atomic mass is 10.1. The molecule has 0 bridgehead atoms. The maximum atomic E-state index is 13.9. The van der Waals surface area contributed by atoms with E-state index < -0.39 is 30.2 Å². The smallest absolute Gasteiger partial charge is 0.329 e. The maximum absolute atomic E-state index is 13.9. The highest BCUT2D eigenvalue weighted by atomic mass is 19.1. The first-order valence-corrected chi connectivity index (χ1v) is 12.4. The lowest BCUT2D eigenvalue weighted by Gasteiger charge is -2.12. The molecule has 1 aliphatic rings. The van der Waals surface area contributed by atoms with E-state index >= 15 is 0 Å². The summed E-state index contributed by atoms with van der Waals surface area (Å²) in [6.07, 6.45) is 3.56. The Bertz CT molecular complexity index is 1810. The average molecular weight is 519 g/mol. The van der Waals surface area contributed by atoms with Crippen LogP contribution in [0.5, 0.6) is 0 Å². The highest BCUT2D eigenvalue weighted by Gasteiger charge is 2.35. The second kappa shape index (κ2) is 9.90. The van der Waals surface area contributed by atoms with Crippen LogP contribution in [0.1, 0.15) is 11.1 Å². The molecule has 0 unspecified atom stereocenters. The van der Waals surface area contributed by atoms with Gasteiger partial charge in [0.1, 0.15) is 18.1 Å². The van der Waals surface area contributed by atoms with Gasteiger partial charge in [-0.05, 0) is 46.7 Å². The number of imide groups is 1. The van der Waals surface area contributed by atoms with E-state index in [2.05, 4.69) is 45.5 Å². The van der Waals surface area contributed by atoms with Crippen molar-refractivity contribution in [1.29, 1.82) is 0 Å². The van der Waals surface area contributed by atoms with Crippen LogP contribution in [0.25, 0.3) is 27.8 Å². The zero-order chi connectivity index (χ0) is 26.9. The van der Waals surface area contributed by atoms with Gasteiger partial charge in [0.25, 0.3) is 5.91 Å². The van der Waals surface area contributed by atoms with Gasteiger partial charge in [0.2, 0.25) is 5.91 Å². The molecule has 8 heteroatoms. The summed E-state index contributed by atoms with van der Waals surface area (Å²) in [6.45, 7) is 0.0806. The number of carbonyl (C=O) groups is 3. The Kier molecular flexibility index (Phi) is 6.13. The first-order chi connectivity index (χ1) is 19.0. The minimum atomic E-state index is -0.713. The number of carbonyl (C=O) groups excluding carboxylic acids is 3. The van der Waals surface area contributed by atoms with Crippen molar-refractivity contribution in [2.24, 2.45) is 0 Å². The lowest BCUT2D eigenvalue weighted by Crippen LogP contribution is -2.38. The lowest BCUT2D eigenvalue weighted by molar-refractivity contribution is -0.127. The summed E-state index contributed by atoms with van der Waals surface area (Å²) >= 11 is 0. The van der Waals surface area contributed by atoms with Crippen molar-refractivity contribution in [2.45, 2.75) is 6.54 Å². The Labute approximate surface area is 223 Å². The van der Waals surface area contributed by atoms with Crippen molar-refractivity contribution in [2.75, 3.05) is 11.9 Å². The van der Waals surface area contributed by atoms with Crippen molar-refractivity contribution in [3.05, 3.63) is 120 Å². The first-order valence-electron chi connectivity index (χ1n) is 12.4. The molecule has 4 aromatic carbocycles. The zero-order valence-electron chi connectivity index (χ0n) is 20.7. The third kappa shape index (κ3) is 4.75. The number of hydrogen-bond acceptors (Lipinski definition) is 3. The summed E-state index contributed by atoms with van der Waals surface area (Å²) in [5.74, 6) is -1.92. The van der Waals surface area contributed by atoms with Crippen LogP contribution in [0.15, 0.2) is 103 Å². The van der Waals surface area contributed by atoms with E-state index in [-0.39, 0.29) is 11.4 Å². The quantitative estimate of drug-likeness (QED) is 0.230. The van der Waals surface area contributed by atoms with E-state index in [1.807, 2.05) is 42.6 Å². The monoisotopic (exact) mass is 518 g/mol. The molecule has 39 heavy (non-hydrogen) atoms. The number of nitrogens with zero attached hydrogens (tertiary/aromatic N) is 2. The van der Waals surface area contributed by atoms with Gasteiger partial charge in [-0.2, -0.15) is 0 Å². The predicted molar refractivity (Wildman–Crippen MR) is 148 cm³/mol. The number of anilines is 1. The number of benzene rings is 4. The van der Waals surface area contributed by atoms with E-state index in [4.69, 9.17) is 0 Å². The largest absolute Gasteiger partial charge is 0.342 e. The molecule has 2 heterocycles. The van der Waals surface area contributed by atoms with E-state index in [0.29, 0.717) is 6.54 Å². The molecule has 0 aliphatic carbocycles. The number of para-hydroxylation sites is 2. The summed E-state index contributed by atoms with van der Waals surface area (Å²) in [4.78, 5) is 38.8. The summed E-state index contributed by atoms with van der Waals surface area (Å²) in [5, 5.41) is 8.21. The number of aromatic nitrogens is 1. The molecule has 1 fully saturated rings. The van der Waals surface area contributed by atoms with Crippen LogP contribution in [-0.2, 0) is 16.1 Å². The van der Waals surface area contributed by atoms with Crippen LogP contribution in [0.3, 0.4) is 0 Å². The topological polar surface area (TPSA) is 83.4 Å². The molecule has 0 saturated carbocycles. The minimum absolute atomic E-state index is 0.0236. The Morgan fingerprint density at radius 3 is 2.49 bits per heavy atom. The van der Waals surface area contributed by atoms with E-state index in [9.17, 15) is 18.8 Å². The second-order valence-electron chi connectivity index (χ2n) is 9.32. The van der Waals surface area contributed by atoms with E-state index in [1.165, 1.54) is 23.6 Å². The number of rotatable bonds is 6. The molecule has 1 aliphatic heterocycles. The third-order valence-electron chi connectivity index (χ3n) is 6.70. The standard InChI is InChI=1S/C31H23FN4O3/c32-25-10-4-5-11-26(25)33-29(37)19-36-30(38)27(34-31(36)39)16-23-18-35(28-12-6-3-9-24(23)28)17-20-13-14-21-7-1-2-8-22(21)15-20/h1-16,18H,17,19H2,(H,33,37)(H,34,39)/b27-16+. The zero-order valence-corrected chi connectivity index (χ0v) is 20.7. The molecule has 2 N–H and O–H groups in total. The number of amides is 4. The summed E-state index contributed by atoms with van der Waals surface area (Å²) in [7, 11) is 0. The van der Waals surface area contributed by atoms with Gasteiger partial charge in [-0.25, -0.2) is 14.1 Å². The van der Waals surface area contributed by atoms with Crippen LogP contribution < -0.4 is 10.6 Å². The van der Waals surface area contributed by atoms with Crippen molar-refractivity contribution in [3.63, 3.8) is 0 Å². The minimum Gasteiger partial charge on any atom is -0.342 e. The summed E-state index contributed by atoms with van der Waals surface area (Å²) in [6, 6.07) is 27.3. The predicted octanol–water partition coefficient (Wildman–Crippen LogP) is 5.51. The Morgan fingerprint density at radius 1 is 0.897 bits per heavy atom. The van der Waals surface area contributed by atoms with Crippen molar-refractivity contribution in [1.82, 2.24) is 14.8 Å². The molecular formula is C31H23FN4O3. The first kappa shape index (κ1) is 24.1. The maximum Gasteiger partial charge on any atom is 0.329 e. The van der Waals surface area contributed by atoms with Crippen molar-refractivity contribution in [3.8, 4) is 0 Å². The van der Waals surface area contributed by atoms with Crippen LogP contribution in [0, 0.1) is 5.82 Å². The average Bonchev–Trinajstić information content (AvgIpc) is 3.41. The van der Waals surface area contributed by atoms with Crippen LogP contribution >= 0.6 is 0 Å². The summed E-state index contributed by atoms with van der Waals surface area (Å²) < 4.78 is 16.0. The van der Waals surface area contributed by atoms with Crippen LogP contribution in [-0.4, -0.2) is 33.9 Å². The fourth-order valence-electron chi connectivity index (χ4n) is 4.82. The van der Waals surface area contributed by atoms with E-state index in [1.54, 1.807) is 12.1 Å². The van der Waals surface area contributed by atoms with Gasteiger partial charge in [-0.1, -0.05) is 66.7 Å². The fourth-order valence-corrected chi connectivity index (χ4v) is 4.82. The number of fused-ring (bicyclic) bond motifs is 2. The highest BCUT2D eigenvalue weighted by molar-refractivity contribution is 6.16. The number of halogens is 1. The molecule has 5 aromatic rings. The van der Waals surface area contributed by atoms with Gasteiger partial charge in [-0.3, -0.25) is 9.59 Å². The third-order valence-corrected chi connectivity index (χ3v) is 6.70. The normalized spacial score (nSPS) is 14.4. The van der Waals surface area contributed by atoms with Crippen LogP contribution in [0.4, 0.5) is 14.9 Å². The molecule has 6 rings (SSSR count). The van der Waals surface area contributed by atoms with Crippen LogP contribution in [0.2, 0.25) is 0 Å². The molecule has 7 nitrogen and oxygen atoms in total. The Hall–Kier alpha value is -5.24. The highest BCUT2D eigenvalue weighted by Crippen LogP contribution is 2.26. The number of nitrogens with one attached hydrogen (secondary N) is 2. The van der Waals surface area contributed by atoms with Gasteiger partial charge in [0, 0.05) is 29.2 Å². The number of urea groups is 1. The molecule has 1 saturated heterocycles. The SMILES string of the molecule is O=C(CN1C(=O)N/C(=C/c2cn(Cc3ccc4ccccc4c3)c3ccccc23)C1=O)Nc1ccccc1F. The Balaban J connectivity index is 1.25. The summed E-state index contributed by atoms with van der Waals surface area (Å²) in [5.41, 5.74) is 2.91. The van der Waals surface area contributed by atoms with Gasteiger partial charge >= 0.3 is 6.03 Å². The van der Waals surface area contributed by atoms with Gasteiger partial charge in [0.15, 0.2) is 0 Å². The molecule has 0 spiro atoms. The van der Waals surface area contributed by atoms with Crippen molar-refractivity contribution < 1.29 is 18.8 Å². The molecule has 1 aromatic heterocycles. The second-order valence-corrected chi connectivity index (χ2v) is 9.32. The molecule has 192 valence electrons. The molecular weight excluding hydrogens is 495 g/mol. The Morgan fingerprint density at radius 2 is 1.64 bits per heavy atom. The van der Waals surface area contributed by atoms with Gasteiger partial charge < -0.3 is 15.2 Å². The van der Waals surface area contributed by atoms with Crippen molar-refractivity contribution >= 4 is 51.3 Å². The van der Waals surface area contributed by atoms with Gasteiger partial charge in [-0.15, -0.1) is 0 Å². The van der Waals surface area contributed by atoms with Gasteiger partial charge in [0.05, 0.1) is 5.69 Å². The molecule has 4 amide bonds. The number of hydrogen-bond donors (Lipinski definition) is 2. The molecule has 0 atom stereocenters.